The number of nitrogens with zero attached hydrogens (tertiary/aromatic N) is 4. The van der Waals surface area contributed by atoms with E-state index in [0.29, 0.717) is 22.6 Å². The molecule has 0 spiro atoms. The minimum absolute atomic E-state index is 0.104. The second-order valence-electron chi connectivity index (χ2n) is 7.12. The number of aromatic amines is 1. The minimum atomic E-state index is -0.328. The van der Waals surface area contributed by atoms with Crippen molar-refractivity contribution in [2.75, 3.05) is 14.1 Å². The van der Waals surface area contributed by atoms with Gasteiger partial charge in [0.15, 0.2) is 5.69 Å². The zero-order chi connectivity index (χ0) is 21.8. The lowest BCUT2D eigenvalue weighted by molar-refractivity contribution is 0.0827. The van der Waals surface area contributed by atoms with Crippen LogP contribution in [-0.2, 0) is 0 Å². The van der Waals surface area contributed by atoms with Crippen LogP contribution in [0.3, 0.4) is 0 Å². The number of amides is 1. The number of rotatable bonds is 5. The Balaban J connectivity index is 1.79. The molecule has 0 atom stereocenters. The summed E-state index contributed by atoms with van der Waals surface area (Å²) < 4.78 is 1.41. The average molecular weight is 411 g/mol. The Bertz CT molecular complexity index is 1270. The van der Waals surface area contributed by atoms with E-state index in [0.717, 1.165) is 5.56 Å². The van der Waals surface area contributed by atoms with E-state index in [1.165, 1.54) is 9.58 Å². The number of hydrogen-bond donors (Lipinski definition) is 1. The smallest absolute Gasteiger partial charge is 0.299 e. The molecule has 0 saturated carbocycles. The molecule has 1 heterocycles. The number of aromatic nitrogens is 2. The van der Waals surface area contributed by atoms with Crippen molar-refractivity contribution >= 4 is 17.3 Å². The molecule has 1 N–H and O–H groups in total. The van der Waals surface area contributed by atoms with Gasteiger partial charge in [-0.1, -0.05) is 48.5 Å². The molecule has 0 radical (unpaired) electrons. The quantitative estimate of drug-likeness (QED) is 0.471. The molecule has 154 valence electrons. The van der Waals surface area contributed by atoms with Gasteiger partial charge in [0.2, 0.25) is 0 Å². The number of nitrogens with one attached hydrogen (secondary N) is 1. The lowest BCUT2D eigenvalue weighted by Gasteiger charge is -2.10. The lowest BCUT2D eigenvalue weighted by Crippen LogP contribution is -2.21. The fourth-order valence-corrected chi connectivity index (χ4v) is 3.12. The van der Waals surface area contributed by atoms with Gasteiger partial charge in [0.25, 0.3) is 11.5 Å². The maximum absolute atomic E-state index is 13.2. The first kappa shape index (κ1) is 20.0. The standard InChI is InChI=1S/C24H21N5O2/c1-28(2)23(30)18-13-15-20(16-14-18)29-24(31)22(26-25-19-11-7-4-8-12-19)21(27-29)17-9-5-3-6-10-17/h3-16,27H,1-2H3. The zero-order valence-electron chi connectivity index (χ0n) is 17.2. The van der Waals surface area contributed by atoms with E-state index in [4.69, 9.17) is 0 Å². The highest BCUT2D eigenvalue weighted by Gasteiger charge is 2.17. The Hall–Kier alpha value is -4.26. The number of hydrogen-bond acceptors (Lipinski definition) is 4. The first-order valence-corrected chi connectivity index (χ1v) is 9.74. The lowest BCUT2D eigenvalue weighted by atomic mass is 10.1. The Morgan fingerprint density at radius 2 is 1.45 bits per heavy atom. The van der Waals surface area contributed by atoms with Crippen molar-refractivity contribution < 1.29 is 4.79 Å². The third-order valence-electron chi connectivity index (χ3n) is 4.73. The van der Waals surface area contributed by atoms with Crippen molar-refractivity contribution in [3.8, 4) is 16.9 Å². The van der Waals surface area contributed by atoms with Crippen molar-refractivity contribution in [2.45, 2.75) is 0 Å². The van der Waals surface area contributed by atoms with Gasteiger partial charge in [-0.2, -0.15) is 5.11 Å². The molecule has 0 aliphatic rings. The summed E-state index contributed by atoms with van der Waals surface area (Å²) in [6, 6.07) is 25.6. The summed E-state index contributed by atoms with van der Waals surface area (Å²) in [4.78, 5) is 26.9. The van der Waals surface area contributed by atoms with E-state index in [2.05, 4.69) is 15.3 Å². The van der Waals surface area contributed by atoms with Gasteiger partial charge in [-0.25, -0.2) is 4.68 Å². The van der Waals surface area contributed by atoms with Gasteiger partial charge in [0.05, 0.1) is 17.1 Å². The Labute approximate surface area is 179 Å². The van der Waals surface area contributed by atoms with Gasteiger partial charge in [-0.3, -0.25) is 14.7 Å². The van der Waals surface area contributed by atoms with E-state index in [-0.39, 0.29) is 17.2 Å². The molecule has 0 bridgehead atoms. The number of H-pyrrole nitrogens is 1. The molecule has 0 saturated heterocycles. The third kappa shape index (κ3) is 4.20. The second-order valence-corrected chi connectivity index (χ2v) is 7.12. The SMILES string of the molecule is CN(C)C(=O)c1ccc(-n2[nH]c(-c3ccccc3)c(N=Nc3ccccc3)c2=O)cc1. The molecule has 0 fully saturated rings. The molecule has 0 unspecified atom stereocenters. The largest absolute Gasteiger partial charge is 0.345 e. The topological polar surface area (TPSA) is 82.8 Å². The van der Waals surface area contributed by atoms with Crippen molar-refractivity contribution in [3.63, 3.8) is 0 Å². The molecule has 3 aromatic carbocycles. The monoisotopic (exact) mass is 411 g/mol. The van der Waals surface area contributed by atoms with Gasteiger partial charge < -0.3 is 4.90 Å². The molecule has 4 rings (SSSR count). The fraction of sp³-hybridized carbons (Fsp3) is 0.0833. The summed E-state index contributed by atoms with van der Waals surface area (Å²) in [5, 5.41) is 11.6. The first-order valence-electron chi connectivity index (χ1n) is 9.74. The highest BCUT2D eigenvalue weighted by molar-refractivity contribution is 5.94. The summed E-state index contributed by atoms with van der Waals surface area (Å²) in [5.41, 5.74) is 3.06. The predicted octanol–water partition coefficient (Wildman–Crippen LogP) is 4.95. The summed E-state index contributed by atoms with van der Waals surface area (Å²) in [7, 11) is 3.39. The fourth-order valence-electron chi connectivity index (χ4n) is 3.12. The van der Waals surface area contributed by atoms with Crippen molar-refractivity contribution in [1.82, 2.24) is 14.7 Å². The highest BCUT2D eigenvalue weighted by Crippen LogP contribution is 2.28. The Kier molecular flexibility index (Phi) is 5.57. The summed E-state index contributed by atoms with van der Waals surface area (Å²) >= 11 is 0. The molecule has 1 amide bonds. The van der Waals surface area contributed by atoms with Crippen LogP contribution in [0.5, 0.6) is 0 Å². The van der Waals surface area contributed by atoms with Gasteiger partial charge in [-0.15, -0.1) is 5.11 Å². The van der Waals surface area contributed by atoms with Gasteiger partial charge >= 0.3 is 0 Å². The van der Waals surface area contributed by atoms with Crippen LogP contribution in [0.15, 0.2) is 100.0 Å². The van der Waals surface area contributed by atoms with Crippen LogP contribution in [0.4, 0.5) is 11.4 Å². The van der Waals surface area contributed by atoms with E-state index in [1.54, 1.807) is 38.4 Å². The zero-order valence-corrected chi connectivity index (χ0v) is 17.2. The molecule has 7 nitrogen and oxygen atoms in total. The van der Waals surface area contributed by atoms with Crippen molar-refractivity contribution in [3.05, 3.63) is 101 Å². The van der Waals surface area contributed by atoms with E-state index >= 15 is 0 Å². The summed E-state index contributed by atoms with van der Waals surface area (Å²) in [5.74, 6) is -0.104. The van der Waals surface area contributed by atoms with Gasteiger partial charge in [0.1, 0.15) is 0 Å². The molecule has 7 heteroatoms. The number of carbonyl (C=O) groups excluding carboxylic acids is 1. The molecule has 1 aromatic heterocycles. The maximum atomic E-state index is 13.2. The predicted molar refractivity (Wildman–Crippen MR) is 120 cm³/mol. The second kappa shape index (κ2) is 8.62. The molecular formula is C24H21N5O2. The van der Waals surface area contributed by atoms with E-state index < -0.39 is 0 Å². The summed E-state index contributed by atoms with van der Waals surface area (Å²) in [6.07, 6.45) is 0. The van der Waals surface area contributed by atoms with Crippen LogP contribution >= 0.6 is 0 Å². The first-order chi connectivity index (χ1) is 15.0. The normalized spacial score (nSPS) is 11.0. The Morgan fingerprint density at radius 3 is 2.06 bits per heavy atom. The van der Waals surface area contributed by atoms with Crippen LogP contribution in [0.25, 0.3) is 16.9 Å². The summed E-state index contributed by atoms with van der Waals surface area (Å²) in [6.45, 7) is 0. The number of benzene rings is 3. The number of azo groups is 1. The molecular weight excluding hydrogens is 390 g/mol. The highest BCUT2D eigenvalue weighted by atomic mass is 16.2. The average Bonchev–Trinajstić information content (AvgIpc) is 3.14. The van der Waals surface area contributed by atoms with Crippen LogP contribution < -0.4 is 5.56 Å². The van der Waals surface area contributed by atoms with Crippen LogP contribution in [0, 0.1) is 0 Å². The van der Waals surface area contributed by atoms with Crippen molar-refractivity contribution in [1.29, 1.82) is 0 Å². The van der Waals surface area contributed by atoms with Crippen LogP contribution in [-0.4, -0.2) is 34.7 Å². The maximum Gasteiger partial charge on any atom is 0.299 e. The van der Waals surface area contributed by atoms with Crippen LogP contribution in [0.1, 0.15) is 10.4 Å². The molecule has 0 aliphatic carbocycles. The van der Waals surface area contributed by atoms with E-state index in [1.807, 2.05) is 60.7 Å². The molecule has 0 aliphatic heterocycles. The van der Waals surface area contributed by atoms with E-state index in [9.17, 15) is 9.59 Å². The number of carbonyl (C=O) groups is 1. The minimum Gasteiger partial charge on any atom is -0.345 e. The van der Waals surface area contributed by atoms with Gasteiger partial charge in [-0.05, 0) is 36.4 Å². The Morgan fingerprint density at radius 1 is 0.839 bits per heavy atom. The van der Waals surface area contributed by atoms with Crippen LogP contribution in [0.2, 0.25) is 0 Å². The molecule has 31 heavy (non-hydrogen) atoms. The third-order valence-corrected chi connectivity index (χ3v) is 4.73. The van der Waals surface area contributed by atoms with Crippen molar-refractivity contribution in [2.24, 2.45) is 10.2 Å². The molecule has 4 aromatic rings. The van der Waals surface area contributed by atoms with Gasteiger partial charge in [0, 0.05) is 25.2 Å².